The molecular weight excluding hydrogens is 292 g/mol. The number of carbonyl (C=O) groups excluding carboxylic acids is 1. The molecule has 1 amide bonds. The van der Waals surface area contributed by atoms with E-state index in [0.29, 0.717) is 24.5 Å². The van der Waals surface area contributed by atoms with Crippen LogP contribution in [0.15, 0.2) is 24.3 Å². The molecule has 116 valence electrons. The predicted octanol–water partition coefficient (Wildman–Crippen LogP) is 1.08. The fourth-order valence-electron chi connectivity index (χ4n) is 2.38. The fourth-order valence-corrected chi connectivity index (χ4v) is 3.30. The number of fused-ring (bicyclic) bond motifs is 1. The molecule has 1 atom stereocenters. The average molecular weight is 312 g/mol. The Hall–Kier alpha value is -1.76. The summed E-state index contributed by atoms with van der Waals surface area (Å²) in [5.74, 6) is 0.225. The molecule has 1 heterocycles. The largest absolute Gasteiger partial charge is 0.476 e. The van der Waals surface area contributed by atoms with Crippen molar-refractivity contribution in [3.63, 3.8) is 0 Å². The molecule has 1 aromatic rings. The maximum absolute atomic E-state index is 12.4. The standard InChI is InChI=1S/C14H20N2O4S/c1-4-15(5-2)14(17)13-10-16(21(3,18)19)11-8-6-7-9-12(11)20-13/h6-9,13H,4-5,10H2,1-3H3/t13-/m1/s1. The van der Waals surface area contributed by atoms with E-state index >= 15 is 0 Å². The van der Waals surface area contributed by atoms with Crippen molar-refractivity contribution in [2.45, 2.75) is 20.0 Å². The molecule has 1 aliphatic rings. The number of amides is 1. The number of ether oxygens (including phenoxy) is 1. The Morgan fingerprint density at radius 2 is 1.95 bits per heavy atom. The molecule has 0 spiro atoms. The zero-order valence-electron chi connectivity index (χ0n) is 12.4. The molecule has 7 heteroatoms. The Bertz CT molecular complexity index is 626. The van der Waals surface area contributed by atoms with Gasteiger partial charge in [-0.3, -0.25) is 9.10 Å². The molecule has 0 bridgehead atoms. The molecule has 0 radical (unpaired) electrons. The third-order valence-corrected chi connectivity index (χ3v) is 4.63. The second-order valence-electron chi connectivity index (χ2n) is 4.88. The normalized spacial score (nSPS) is 17.9. The van der Waals surface area contributed by atoms with E-state index in [9.17, 15) is 13.2 Å². The quantitative estimate of drug-likeness (QED) is 0.834. The molecule has 0 aliphatic carbocycles. The first kappa shape index (κ1) is 15.6. The highest BCUT2D eigenvalue weighted by Gasteiger charge is 2.36. The van der Waals surface area contributed by atoms with Gasteiger partial charge in [-0.15, -0.1) is 0 Å². The van der Waals surface area contributed by atoms with Crippen LogP contribution < -0.4 is 9.04 Å². The van der Waals surface area contributed by atoms with E-state index in [1.807, 2.05) is 13.8 Å². The number of para-hydroxylation sites is 2. The lowest BCUT2D eigenvalue weighted by atomic mass is 10.2. The van der Waals surface area contributed by atoms with E-state index in [4.69, 9.17) is 4.74 Å². The third-order valence-electron chi connectivity index (χ3n) is 3.49. The van der Waals surface area contributed by atoms with Gasteiger partial charge in [0.1, 0.15) is 5.75 Å². The average Bonchev–Trinajstić information content (AvgIpc) is 2.46. The Morgan fingerprint density at radius 1 is 1.33 bits per heavy atom. The number of likely N-dealkylation sites (N-methyl/N-ethyl adjacent to an activating group) is 1. The summed E-state index contributed by atoms with van der Waals surface area (Å²) in [6, 6.07) is 6.85. The summed E-state index contributed by atoms with van der Waals surface area (Å²) in [4.78, 5) is 14.1. The van der Waals surface area contributed by atoms with E-state index in [2.05, 4.69) is 0 Å². The van der Waals surface area contributed by atoms with Gasteiger partial charge in [-0.05, 0) is 26.0 Å². The van der Waals surface area contributed by atoms with Crippen LogP contribution >= 0.6 is 0 Å². The summed E-state index contributed by atoms with van der Waals surface area (Å²) in [6.07, 6.45) is 0.322. The van der Waals surface area contributed by atoms with Crippen LogP contribution in [-0.2, 0) is 14.8 Å². The SMILES string of the molecule is CCN(CC)C(=O)[C@H]1CN(S(C)(=O)=O)c2ccccc2O1. The van der Waals surface area contributed by atoms with E-state index in [1.165, 1.54) is 4.31 Å². The molecule has 21 heavy (non-hydrogen) atoms. The Morgan fingerprint density at radius 3 is 2.52 bits per heavy atom. The number of sulfonamides is 1. The van der Waals surface area contributed by atoms with Crippen LogP contribution in [0.3, 0.4) is 0 Å². The maximum atomic E-state index is 12.4. The molecule has 2 rings (SSSR count). The minimum absolute atomic E-state index is 0.00514. The van der Waals surface area contributed by atoms with Crippen molar-refractivity contribution in [1.29, 1.82) is 0 Å². The van der Waals surface area contributed by atoms with Crippen molar-refractivity contribution < 1.29 is 17.9 Å². The molecule has 0 N–H and O–H groups in total. The van der Waals surface area contributed by atoms with Crippen LogP contribution in [0.2, 0.25) is 0 Å². The Balaban J connectivity index is 2.37. The monoisotopic (exact) mass is 312 g/mol. The number of hydrogen-bond donors (Lipinski definition) is 0. The van der Waals surface area contributed by atoms with Gasteiger partial charge in [0.25, 0.3) is 5.91 Å². The zero-order valence-corrected chi connectivity index (χ0v) is 13.3. The molecule has 0 saturated carbocycles. The van der Waals surface area contributed by atoms with Crippen LogP contribution in [0.1, 0.15) is 13.8 Å². The lowest BCUT2D eigenvalue weighted by molar-refractivity contribution is -0.138. The summed E-state index contributed by atoms with van der Waals surface area (Å²) < 4.78 is 30.9. The number of carbonyl (C=O) groups is 1. The van der Waals surface area contributed by atoms with Crippen molar-refractivity contribution in [3.05, 3.63) is 24.3 Å². The first-order valence-corrected chi connectivity index (χ1v) is 8.75. The van der Waals surface area contributed by atoms with Gasteiger partial charge in [-0.1, -0.05) is 12.1 Å². The van der Waals surface area contributed by atoms with Gasteiger partial charge in [0, 0.05) is 13.1 Å². The maximum Gasteiger partial charge on any atom is 0.265 e. The molecule has 0 unspecified atom stereocenters. The molecule has 1 aromatic carbocycles. The summed E-state index contributed by atoms with van der Waals surface area (Å²) in [5.41, 5.74) is 0.476. The van der Waals surface area contributed by atoms with Crippen molar-refractivity contribution in [2.24, 2.45) is 0 Å². The van der Waals surface area contributed by atoms with Crippen molar-refractivity contribution in [1.82, 2.24) is 4.90 Å². The smallest absolute Gasteiger partial charge is 0.265 e. The van der Waals surface area contributed by atoms with Gasteiger partial charge < -0.3 is 9.64 Å². The van der Waals surface area contributed by atoms with E-state index in [1.54, 1.807) is 29.2 Å². The topological polar surface area (TPSA) is 66.9 Å². The summed E-state index contributed by atoms with van der Waals surface area (Å²) in [6.45, 7) is 4.90. The molecular formula is C14H20N2O4S. The Labute approximate surface area is 125 Å². The summed E-state index contributed by atoms with van der Waals surface area (Å²) in [5, 5.41) is 0. The first-order valence-electron chi connectivity index (χ1n) is 6.90. The van der Waals surface area contributed by atoms with Gasteiger partial charge >= 0.3 is 0 Å². The van der Waals surface area contributed by atoms with E-state index in [-0.39, 0.29) is 12.5 Å². The summed E-state index contributed by atoms with van der Waals surface area (Å²) in [7, 11) is -3.46. The van der Waals surface area contributed by atoms with E-state index < -0.39 is 16.1 Å². The van der Waals surface area contributed by atoms with Gasteiger partial charge in [-0.2, -0.15) is 0 Å². The lowest BCUT2D eigenvalue weighted by Crippen LogP contribution is -2.51. The first-order chi connectivity index (χ1) is 9.88. The number of hydrogen-bond acceptors (Lipinski definition) is 4. The van der Waals surface area contributed by atoms with Crippen LogP contribution in [0.4, 0.5) is 5.69 Å². The van der Waals surface area contributed by atoms with Crippen molar-refractivity contribution in [2.75, 3.05) is 30.2 Å². The zero-order chi connectivity index (χ0) is 15.6. The van der Waals surface area contributed by atoms with Crippen LogP contribution in [-0.4, -0.2) is 51.2 Å². The second kappa shape index (κ2) is 5.93. The van der Waals surface area contributed by atoms with Crippen molar-refractivity contribution >= 4 is 21.6 Å². The molecule has 1 aliphatic heterocycles. The number of anilines is 1. The summed E-state index contributed by atoms with van der Waals surface area (Å²) >= 11 is 0. The van der Waals surface area contributed by atoms with Crippen molar-refractivity contribution in [3.8, 4) is 5.75 Å². The highest BCUT2D eigenvalue weighted by Crippen LogP contribution is 2.34. The third kappa shape index (κ3) is 3.12. The lowest BCUT2D eigenvalue weighted by Gasteiger charge is -2.35. The fraction of sp³-hybridized carbons (Fsp3) is 0.500. The van der Waals surface area contributed by atoms with Crippen LogP contribution in [0.5, 0.6) is 5.75 Å². The number of benzene rings is 1. The van der Waals surface area contributed by atoms with Crippen LogP contribution in [0, 0.1) is 0 Å². The van der Waals surface area contributed by atoms with Gasteiger partial charge in [-0.25, -0.2) is 8.42 Å². The highest BCUT2D eigenvalue weighted by molar-refractivity contribution is 7.92. The number of rotatable bonds is 4. The second-order valence-corrected chi connectivity index (χ2v) is 6.79. The Kier molecular flexibility index (Phi) is 4.41. The van der Waals surface area contributed by atoms with E-state index in [0.717, 1.165) is 6.26 Å². The van der Waals surface area contributed by atoms with Gasteiger partial charge in [0.15, 0.2) is 6.10 Å². The predicted molar refractivity (Wildman–Crippen MR) is 81.0 cm³/mol. The van der Waals surface area contributed by atoms with Gasteiger partial charge in [0.05, 0.1) is 18.5 Å². The molecule has 0 fully saturated rings. The minimum atomic E-state index is -3.46. The van der Waals surface area contributed by atoms with Crippen LogP contribution in [0.25, 0.3) is 0 Å². The van der Waals surface area contributed by atoms with Gasteiger partial charge in [0.2, 0.25) is 10.0 Å². The minimum Gasteiger partial charge on any atom is -0.476 e. The highest BCUT2D eigenvalue weighted by atomic mass is 32.2. The molecule has 0 saturated heterocycles. The molecule has 6 nitrogen and oxygen atoms in total. The number of nitrogens with zero attached hydrogens (tertiary/aromatic N) is 2. The molecule has 0 aromatic heterocycles.